The molecule has 0 fully saturated rings. The Morgan fingerprint density at radius 2 is 1.74 bits per heavy atom. The van der Waals surface area contributed by atoms with Gasteiger partial charge in [0.05, 0.1) is 0 Å². The summed E-state index contributed by atoms with van der Waals surface area (Å²) in [6, 6.07) is 6.96. The molecule has 1 rings (SSSR count). The van der Waals surface area contributed by atoms with Crippen LogP contribution < -0.4 is 5.73 Å². The summed E-state index contributed by atoms with van der Waals surface area (Å²) in [6.07, 6.45) is 1.86. The van der Waals surface area contributed by atoms with Crippen LogP contribution in [-0.2, 0) is 0 Å². The van der Waals surface area contributed by atoms with Crippen molar-refractivity contribution >= 4 is 11.7 Å². The normalized spacial score (nSPS) is 11.7. The second-order valence-electron chi connectivity index (χ2n) is 4.45. The highest BCUT2D eigenvalue weighted by atomic mass is 16.4. The molecule has 1 aromatic rings. The third kappa shape index (κ3) is 3.47. The Hall–Kier alpha value is -2.04. The second kappa shape index (κ2) is 6.78. The van der Waals surface area contributed by atoms with E-state index in [4.69, 9.17) is 10.9 Å². The SMILES string of the molecule is CCC(CC)N(C)C(=O)c1ccc(/C(N)=N/O)cc1. The molecule has 0 aromatic heterocycles. The molecule has 0 aliphatic heterocycles. The van der Waals surface area contributed by atoms with Crippen molar-refractivity contribution in [2.45, 2.75) is 32.7 Å². The summed E-state index contributed by atoms with van der Waals surface area (Å²) in [6.45, 7) is 4.14. The van der Waals surface area contributed by atoms with Gasteiger partial charge in [-0.3, -0.25) is 4.79 Å². The maximum Gasteiger partial charge on any atom is 0.253 e. The van der Waals surface area contributed by atoms with Gasteiger partial charge in [-0.25, -0.2) is 0 Å². The lowest BCUT2D eigenvalue weighted by molar-refractivity contribution is 0.0723. The molecule has 0 radical (unpaired) electrons. The number of amidine groups is 1. The Morgan fingerprint density at radius 3 is 2.16 bits per heavy atom. The van der Waals surface area contributed by atoms with E-state index in [9.17, 15) is 4.79 Å². The molecule has 19 heavy (non-hydrogen) atoms. The molecule has 0 saturated heterocycles. The number of nitrogens with zero attached hydrogens (tertiary/aromatic N) is 2. The molecule has 0 aliphatic carbocycles. The standard InChI is InChI=1S/C14H21N3O2/c1-4-12(5-2)17(3)14(18)11-8-6-10(7-9-11)13(15)16-19/h6-9,12,19H,4-5H2,1-3H3,(H2,15,16). The summed E-state index contributed by atoms with van der Waals surface area (Å²) in [5, 5.41) is 11.5. The van der Waals surface area contributed by atoms with Crippen molar-refractivity contribution in [1.82, 2.24) is 4.90 Å². The molecule has 5 nitrogen and oxygen atoms in total. The Labute approximate surface area is 113 Å². The maximum atomic E-state index is 12.3. The number of rotatable bonds is 5. The quantitative estimate of drug-likeness (QED) is 0.369. The fourth-order valence-corrected chi connectivity index (χ4v) is 2.05. The molecule has 104 valence electrons. The zero-order chi connectivity index (χ0) is 14.4. The molecule has 3 N–H and O–H groups in total. The summed E-state index contributed by atoms with van der Waals surface area (Å²) in [4.78, 5) is 14.0. The molecule has 5 heteroatoms. The zero-order valence-electron chi connectivity index (χ0n) is 11.6. The van der Waals surface area contributed by atoms with Crippen molar-refractivity contribution in [3.8, 4) is 0 Å². The van der Waals surface area contributed by atoms with Gasteiger partial charge in [-0.05, 0) is 25.0 Å². The zero-order valence-corrected chi connectivity index (χ0v) is 11.6. The monoisotopic (exact) mass is 263 g/mol. The molecule has 1 amide bonds. The smallest absolute Gasteiger partial charge is 0.253 e. The van der Waals surface area contributed by atoms with Crippen LogP contribution in [0, 0.1) is 0 Å². The minimum Gasteiger partial charge on any atom is -0.409 e. The number of benzene rings is 1. The van der Waals surface area contributed by atoms with Gasteiger partial charge in [-0.15, -0.1) is 0 Å². The van der Waals surface area contributed by atoms with E-state index in [0.29, 0.717) is 11.1 Å². The van der Waals surface area contributed by atoms with Crippen molar-refractivity contribution in [2.75, 3.05) is 7.05 Å². The number of hydrogen-bond donors (Lipinski definition) is 2. The lowest BCUT2D eigenvalue weighted by atomic mass is 10.1. The van der Waals surface area contributed by atoms with Gasteiger partial charge in [0.1, 0.15) is 0 Å². The fourth-order valence-electron chi connectivity index (χ4n) is 2.05. The van der Waals surface area contributed by atoms with E-state index in [2.05, 4.69) is 19.0 Å². The number of carbonyl (C=O) groups is 1. The average Bonchev–Trinajstić information content (AvgIpc) is 2.47. The first-order valence-corrected chi connectivity index (χ1v) is 6.40. The fraction of sp³-hybridized carbons (Fsp3) is 0.429. The molecule has 0 aliphatic rings. The van der Waals surface area contributed by atoms with Crippen molar-refractivity contribution < 1.29 is 10.0 Å². The predicted octanol–water partition coefficient (Wildman–Crippen LogP) is 2.04. The first kappa shape index (κ1) is 15.0. The van der Waals surface area contributed by atoms with Crippen molar-refractivity contribution in [3.05, 3.63) is 35.4 Å². The number of oxime groups is 1. The summed E-state index contributed by atoms with van der Waals surface area (Å²) in [5.41, 5.74) is 6.66. The third-order valence-electron chi connectivity index (χ3n) is 3.35. The summed E-state index contributed by atoms with van der Waals surface area (Å²) in [5.74, 6) is 0.0205. The molecular formula is C14H21N3O2. The van der Waals surface area contributed by atoms with E-state index >= 15 is 0 Å². The minimum absolute atomic E-state index is 0.0141. The molecular weight excluding hydrogens is 242 g/mol. The van der Waals surface area contributed by atoms with Gasteiger partial charge in [0.15, 0.2) is 5.84 Å². The summed E-state index contributed by atoms with van der Waals surface area (Å²) in [7, 11) is 1.82. The van der Waals surface area contributed by atoms with Crippen molar-refractivity contribution in [2.24, 2.45) is 10.9 Å². The van der Waals surface area contributed by atoms with Crippen LogP contribution in [0.25, 0.3) is 0 Å². The largest absolute Gasteiger partial charge is 0.409 e. The van der Waals surface area contributed by atoms with Crippen molar-refractivity contribution in [1.29, 1.82) is 0 Å². The van der Waals surface area contributed by atoms with Gasteiger partial charge in [0, 0.05) is 24.2 Å². The Bertz CT molecular complexity index is 450. The number of hydrogen-bond acceptors (Lipinski definition) is 3. The van der Waals surface area contributed by atoms with Gasteiger partial charge in [0.2, 0.25) is 0 Å². The Balaban J connectivity index is 2.89. The van der Waals surface area contributed by atoms with Crippen molar-refractivity contribution in [3.63, 3.8) is 0 Å². The number of amides is 1. The molecule has 0 unspecified atom stereocenters. The molecule has 0 atom stereocenters. The average molecular weight is 263 g/mol. The lowest BCUT2D eigenvalue weighted by Crippen LogP contribution is -2.36. The second-order valence-corrected chi connectivity index (χ2v) is 4.45. The number of nitrogens with two attached hydrogens (primary N) is 1. The lowest BCUT2D eigenvalue weighted by Gasteiger charge is -2.26. The van der Waals surface area contributed by atoms with E-state index in [1.165, 1.54) is 0 Å². The minimum atomic E-state index is -0.0141. The molecule has 0 heterocycles. The Kier molecular flexibility index (Phi) is 5.36. The van der Waals surface area contributed by atoms with Gasteiger partial charge >= 0.3 is 0 Å². The highest BCUT2D eigenvalue weighted by Gasteiger charge is 2.18. The van der Waals surface area contributed by atoms with Crippen LogP contribution in [-0.4, -0.2) is 34.9 Å². The number of carbonyl (C=O) groups excluding carboxylic acids is 1. The van der Waals surface area contributed by atoms with Gasteiger partial charge < -0.3 is 15.8 Å². The molecule has 0 bridgehead atoms. The topological polar surface area (TPSA) is 78.9 Å². The van der Waals surface area contributed by atoms with E-state index in [1.807, 2.05) is 7.05 Å². The first-order valence-electron chi connectivity index (χ1n) is 6.40. The van der Waals surface area contributed by atoms with Crippen LogP contribution in [0.3, 0.4) is 0 Å². The van der Waals surface area contributed by atoms with Crippen LogP contribution in [0.2, 0.25) is 0 Å². The van der Waals surface area contributed by atoms with E-state index in [1.54, 1.807) is 29.2 Å². The molecule has 1 aromatic carbocycles. The summed E-state index contributed by atoms with van der Waals surface area (Å²) < 4.78 is 0. The third-order valence-corrected chi connectivity index (χ3v) is 3.35. The van der Waals surface area contributed by atoms with E-state index in [0.717, 1.165) is 12.8 Å². The van der Waals surface area contributed by atoms with Crippen LogP contribution >= 0.6 is 0 Å². The first-order chi connectivity index (χ1) is 9.04. The molecule has 0 saturated carbocycles. The summed E-state index contributed by atoms with van der Waals surface area (Å²) >= 11 is 0. The van der Waals surface area contributed by atoms with Crippen LogP contribution in [0.15, 0.2) is 29.4 Å². The van der Waals surface area contributed by atoms with Crippen LogP contribution in [0.4, 0.5) is 0 Å². The molecule has 0 spiro atoms. The maximum absolute atomic E-state index is 12.3. The Morgan fingerprint density at radius 1 is 1.26 bits per heavy atom. The van der Waals surface area contributed by atoms with Crippen LogP contribution in [0.1, 0.15) is 42.6 Å². The van der Waals surface area contributed by atoms with Gasteiger partial charge in [0.25, 0.3) is 5.91 Å². The predicted molar refractivity (Wildman–Crippen MR) is 75.4 cm³/mol. The van der Waals surface area contributed by atoms with E-state index < -0.39 is 0 Å². The van der Waals surface area contributed by atoms with Gasteiger partial charge in [-0.1, -0.05) is 31.1 Å². The van der Waals surface area contributed by atoms with Crippen LogP contribution in [0.5, 0.6) is 0 Å². The van der Waals surface area contributed by atoms with Gasteiger partial charge in [-0.2, -0.15) is 0 Å². The van der Waals surface area contributed by atoms with E-state index in [-0.39, 0.29) is 17.8 Å². The highest BCUT2D eigenvalue weighted by Crippen LogP contribution is 2.12. The highest BCUT2D eigenvalue weighted by molar-refractivity contribution is 5.99.